The van der Waals surface area contributed by atoms with Crippen molar-refractivity contribution in [2.24, 2.45) is 5.92 Å². The summed E-state index contributed by atoms with van der Waals surface area (Å²) in [6, 6.07) is 0. The number of carbonyl (C=O) groups is 2. The van der Waals surface area contributed by atoms with E-state index in [1.807, 2.05) is 34.6 Å². The van der Waals surface area contributed by atoms with Crippen molar-refractivity contribution in [1.82, 2.24) is 14.9 Å². The highest BCUT2D eigenvalue weighted by Gasteiger charge is 2.26. The van der Waals surface area contributed by atoms with Gasteiger partial charge in [0.15, 0.2) is 5.78 Å². The Morgan fingerprint density at radius 1 is 1.33 bits per heavy atom. The minimum absolute atomic E-state index is 0.0122. The van der Waals surface area contributed by atoms with Gasteiger partial charge in [-0.05, 0) is 11.5 Å². The Labute approximate surface area is 111 Å². The van der Waals surface area contributed by atoms with Gasteiger partial charge < -0.3 is 5.32 Å². The number of hydrogen-bond donors (Lipinski definition) is 1. The molecule has 1 N–H and O–H groups in total. The Balaban J connectivity index is 2.74. The highest BCUT2D eigenvalue weighted by Crippen LogP contribution is 2.25. The lowest BCUT2D eigenvalue weighted by Crippen LogP contribution is -2.32. The number of Topliss-reactive ketones (excluding diaryl/α,β-unsaturated/α-hetero) is 1. The molecule has 1 amide bonds. The molecule has 0 radical (unpaired) electrons. The Kier molecular flexibility index (Phi) is 4.56. The van der Waals surface area contributed by atoms with Gasteiger partial charge in [-0.3, -0.25) is 9.59 Å². The van der Waals surface area contributed by atoms with Gasteiger partial charge in [-0.2, -0.15) is 0 Å². The summed E-state index contributed by atoms with van der Waals surface area (Å²) < 4.78 is 3.82. The monoisotopic (exact) mass is 269 g/mol. The summed E-state index contributed by atoms with van der Waals surface area (Å²) in [6.07, 6.45) is 0. The Hall–Kier alpha value is -1.30. The third-order valence-corrected chi connectivity index (χ3v) is 3.20. The highest BCUT2D eigenvalue weighted by molar-refractivity contribution is 7.08. The average Bonchev–Trinajstić information content (AvgIpc) is 2.73. The molecule has 0 saturated carbocycles. The molecule has 0 aliphatic heterocycles. The first-order chi connectivity index (χ1) is 8.23. The number of nitrogens with zero attached hydrogens (tertiary/aromatic N) is 2. The molecule has 18 heavy (non-hydrogen) atoms. The standard InChI is InChI=1S/C12H19N3O2S/c1-7(2)8(16)6-13-11(17)9-10(12(3,4)5)14-15-18-9/h7H,6H2,1-5H3,(H,13,17). The zero-order chi connectivity index (χ0) is 13.9. The van der Waals surface area contributed by atoms with E-state index in [-0.39, 0.29) is 29.6 Å². The number of aromatic nitrogens is 2. The summed E-state index contributed by atoms with van der Waals surface area (Å²) in [7, 11) is 0. The van der Waals surface area contributed by atoms with Gasteiger partial charge in [0, 0.05) is 11.3 Å². The molecule has 5 nitrogen and oxygen atoms in total. The molecule has 0 fully saturated rings. The summed E-state index contributed by atoms with van der Waals surface area (Å²) in [5.74, 6) is -0.339. The van der Waals surface area contributed by atoms with E-state index in [9.17, 15) is 9.59 Å². The van der Waals surface area contributed by atoms with Gasteiger partial charge >= 0.3 is 0 Å². The second-order valence-corrected chi connectivity index (χ2v) is 6.26. The first kappa shape index (κ1) is 14.8. The molecule has 1 aromatic heterocycles. The van der Waals surface area contributed by atoms with Crippen molar-refractivity contribution in [3.05, 3.63) is 10.6 Å². The fourth-order valence-electron chi connectivity index (χ4n) is 1.28. The smallest absolute Gasteiger partial charge is 0.265 e. The zero-order valence-electron chi connectivity index (χ0n) is 11.4. The lowest BCUT2D eigenvalue weighted by molar-refractivity contribution is -0.120. The van der Waals surface area contributed by atoms with Crippen LogP contribution in [0.5, 0.6) is 0 Å². The Morgan fingerprint density at radius 3 is 2.44 bits per heavy atom. The summed E-state index contributed by atoms with van der Waals surface area (Å²) in [5, 5.41) is 6.61. The number of nitrogens with one attached hydrogen (secondary N) is 1. The van der Waals surface area contributed by atoms with Crippen LogP contribution in [0.25, 0.3) is 0 Å². The van der Waals surface area contributed by atoms with Crippen LogP contribution in [-0.4, -0.2) is 27.8 Å². The Morgan fingerprint density at radius 2 is 1.94 bits per heavy atom. The quantitative estimate of drug-likeness (QED) is 0.904. The van der Waals surface area contributed by atoms with Crippen molar-refractivity contribution in [1.29, 1.82) is 0 Å². The van der Waals surface area contributed by atoms with Crippen LogP contribution < -0.4 is 5.32 Å². The maximum atomic E-state index is 12.0. The van der Waals surface area contributed by atoms with E-state index in [2.05, 4.69) is 14.9 Å². The number of hydrogen-bond acceptors (Lipinski definition) is 5. The topological polar surface area (TPSA) is 72.0 Å². The van der Waals surface area contributed by atoms with E-state index in [0.717, 1.165) is 11.5 Å². The minimum Gasteiger partial charge on any atom is -0.344 e. The first-order valence-electron chi connectivity index (χ1n) is 5.87. The fourth-order valence-corrected chi connectivity index (χ4v) is 2.07. The number of rotatable bonds is 4. The van der Waals surface area contributed by atoms with E-state index < -0.39 is 0 Å². The molecule has 0 unspecified atom stereocenters. The molecule has 6 heteroatoms. The molecule has 0 aromatic carbocycles. The van der Waals surface area contributed by atoms with Crippen LogP contribution in [0.15, 0.2) is 0 Å². The van der Waals surface area contributed by atoms with E-state index in [1.54, 1.807) is 0 Å². The van der Waals surface area contributed by atoms with Crippen LogP contribution in [0, 0.1) is 5.92 Å². The molecular formula is C12H19N3O2S. The predicted molar refractivity (Wildman–Crippen MR) is 70.8 cm³/mol. The molecule has 0 spiro atoms. The van der Waals surface area contributed by atoms with Gasteiger partial charge in [-0.25, -0.2) is 0 Å². The van der Waals surface area contributed by atoms with Crippen molar-refractivity contribution >= 4 is 23.2 Å². The van der Waals surface area contributed by atoms with Crippen molar-refractivity contribution in [3.8, 4) is 0 Å². The normalized spacial score (nSPS) is 11.7. The number of ketones is 1. The largest absolute Gasteiger partial charge is 0.344 e. The van der Waals surface area contributed by atoms with E-state index in [0.29, 0.717) is 10.6 Å². The Bertz CT molecular complexity index is 446. The third kappa shape index (κ3) is 3.60. The predicted octanol–water partition coefficient (Wildman–Crippen LogP) is 1.79. The second-order valence-electron chi connectivity index (χ2n) is 5.50. The maximum absolute atomic E-state index is 12.0. The van der Waals surface area contributed by atoms with Crippen LogP contribution >= 0.6 is 11.5 Å². The summed E-state index contributed by atoms with van der Waals surface area (Å²) in [5.41, 5.74) is 0.434. The molecule has 0 aliphatic carbocycles. The molecular weight excluding hydrogens is 250 g/mol. The van der Waals surface area contributed by atoms with Crippen molar-refractivity contribution in [2.45, 2.75) is 40.0 Å². The lowest BCUT2D eigenvalue weighted by Gasteiger charge is -2.16. The molecule has 1 rings (SSSR count). The van der Waals surface area contributed by atoms with E-state index >= 15 is 0 Å². The first-order valence-corrected chi connectivity index (χ1v) is 6.64. The maximum Gasteiger partial charge on any atom is 0.265 e. The van der Waals surface area contributed by atoms with Crippen LogP contribution in [-0.2, 0) is 10.2 Å². The van der Waals surface area contributed by atoms with Gasteiger partial charge in [-0.15, -0.1) is 5.10 Å². The summed E-state index contributed by atoms with van der Waals surface area (Å²) in [6.45, 7) is 9.59. The summed E-state index contributed by atoms with van der Waals surface area (Å²) >= 11 is 1.06. The van der Waals surface area contributed by atoms with Crippen LogP contribution in [0.1, 0.15) is 50.0 Å². The zero-order valence-corrected chi connectivity index (χ0v) is 12.2. The lowest BCUT2D eigenvalue weighted by atomic mass is 9.91. The highest BCUT2D eigenvalue weighted by atomic mass is 32.1. The fraction of sp³-hybridized carbons (Fsp3) is 0.667. The minimum atomic E-state index is -0.274. The molecule has 100 valence electrons. The van der Waals surface area contributed by atoms with Crippen molar-refractivity contribution in [3.63, 3.8) is 0 Å². The number of carbonyl (C=O) groups excluding carboxylic acids is 2. The molecule has 1 heterocycles. The van der Waals surface area contributed by atoms with Gasteiger partial charge in [-0.1, -0.05) is 39.1 Å². The van der Waals surface area contributed by atoms with E-state index in [4.69, 9.17) is 0 Å². The molecule has 0 saturated heterocycles. The molecule has 0 bridgehead atoms. The van der Waals surface area contributed by atoms with Crippen LogP contribution in [0.3, 0.4) is 0 Å². The molecule has 0 atom stereocenters. The third-order valence-electron chi connectivity index (χ3n) is 2.47. The van der Waals surface area contributed by atoms with Gasteiger partial charge in [0.2, 0.25) is 0 Å². The van der Waals surface area contributed by atoms with Crippen molar-refractivity contribution < 1.29 is 9.59 Å². The van der Waals surface area contributed by atoms with E-state index in [1.165, 1.54) is 0 Å². The van der Waals surface area contributed by atoms with Gasteiger partial charge in [0.25, 0.3) is 5.91 Å². The van der Waals surface area contributed by atoms with Crippen LogP contribution in [0.2, 0.25) is 0 Å². The van der Waals surface area contributed by atoms with Gasteiger partial charge in [0.05, 0.1) is 12.2 Å². The van der Waals surface area contributed by atoms with Gasteiger partial charge in [0.1, 0.15) is 4.88 Å². The van der Waals surface area contributed by atoms with Crippen molar-refractivity contribution in [2.75, 3.05) is 6.54 Å². The molecule has 1 aromatic rings. The second kappa shape index (κ2) is 5.56. The number of amides is 1. The van der Waals surface area contributed by atoms with Crippen LogP contribution in [0.4, 0.5) is 0 Å². The summed E-state index contributed by atoms with van der Waals surface area (Å²) in [4.78, 5) is 23.9. The average molecular weight is 269 g/mol. The SMILES string of the molecule is CC(C)C(=O)CNC(=O)c1snnc1C(C)(C)C. The molecule has 0 aliphatic rings.